The van der Waals surface area contributed by atoms with Crippen LogP contribution in [0.15, 0.2) is 10.5 Å². The number of nitrogens with zero attached hydrogens (tertiary/aromatic N) is 1. The van der Waals surface area contributed by atoms with Crippen LogP contribution in [0.4, 0.5) is 0 Å². The van der Waals surface area contributed by atoms with E-state index in [1.807, 2.05) is 0 Å². The number of hydrogen-bond acceptors (Lipinski definition) is 4. The average Bonchev–Trinajstić information content (AvgIpc) is 2.82. The van der Waals surface area contributed by atoms with E-state index in [0.29, 0.717) is 24.5 Å². The van der Waals surface area contributed by atoms with Gasteiger partial charge in [0.15, 0.2) is 0 Å². The first-order chi connectivity index (χ1) is 8.61. The SMILES string of the molecule is Cc1oc(CN2CC3CCC(C2)O3)cc1C(=O)O. The molecule has 2 aliphatic rings. The molecule has 1 aromatic rings. The van der Waals surface area contributed by atoms with Crippen LogP contribution in [0.2, 0.25) is 0 Å². The van der Waals surface area contributed by atoms with Crippen molar-refractivity contribution >= 4 is 5.97 Å². The van der Waals surface area contributed by atoms with Crippen molar-refractivity contribution < 1.29 is 19.1 Å². The van der Waals surface area contributed by atoms with Gasteiger partial charge >= 0.3 is 5.97 Å². The molecule has 2 atom stereocenters. The third-order valence-corrected chi connectivity index (χ3v) is 3.70. The monoisotopic (exact) mass is 251 g/mol. The van der Waals surface area contributed by atoms with Crippen molar-refractivity contribution in [3.05, 3.63) is 23.2 Å². The Kier molecular flexibility index (Phi) is 2.87. The van der Waals surface area contributed by atoms with Crippen LogP contribution in [0.3, 0.4) is 0 Å². The lowest BCUT2D eigenvalue weighted by Gasteiger charge is -2.31. The smallest absolute Gasteiger partial charge is 0.339 e. The van der Waals surface area contributed by atoms with E-state index in [2.05, 4.69) is 4.90 Å². The van der Waals surface area contributed by atoms with Crippen molar-refractivity contribution in [2.75, 3.05) is 13.1 Å². The Morgan fingerprint density at radius 2 is 2.11 bits per heavy atom. The van der Waals surface area contributed by atoms with Crippen LogP contribution in [-0.4, -0.2) is 41.3 Å². The van der Waals surface area contributed by atoms with Gasteiger partial charge in [-0.1, -0.05) is 0 Å². The minimum absolute atomic E-state index is 0.265. The molecule has 0 saturated carbocycles. The minimum Gasteiger partial charge on any atom is -0.478 e. The van der Waals surface area contributed by atoms with Gasteiger partial charge in [-0.05, 0) is 25.8 Å². The normalized spacial score (nSPS) is 27.6. The summed E-state index contributed by atoms with van der Waals surface area (Å²) in [7, 11) is 0. The highest BCUT2D eigenvalue weighted by molar-refractivity contribution is 5.88. The highest BCUT2D eigenvalue weighted by Gasteiger charge is 2.34. The van der Waals surface area contributed by atoms with Gasteiger partial charge in [-0.3, -0.25) is 4.90 Å². The number of aryl methyl sites for hydroxylation is 1. The summed E-state index contributed by atoms with van der Waals surface area (Å²) in [6.45, 7) is 4.19. The van der Waals surface area contributed by atoms with Crippen LogP contribution in [0.25, 0.3) is 0 Å². The maximum Gasteiger partial charge on any atom is 0.339 e. The van der Waals surface area contributed by atoms with Gasteiger partial charge in [-0.15, -0.1) is 0 Å². The van der Waals surface area contributed by atoms with Gasteiger partial charge in [0.1, 0.15) is 17.1 Å². The van der Waals surface area contributed by atoms with E-state index in [4.69, 9.17) is 14.3 Å². The van der Waals surface area contributed by atoms with E-state index in [0.717, 1.165) is 31.7 Å². The molecule has 1 N–H and O–H groups in total. The first-order valence-corrected chi connectivity index (χ1v) is 6.32. The summed E-state index contributed by atoms with van der Waals surface area (Å²) in [5, 5.41) is 8.99. The number of rotatable bonds is 3. The van der Waals surface area contributed by atoms with E-state index >= 15 is 0 Å². The van der Waals surface area contributed by atoms with Crippen molar-refractivity contribution in [1.29, 1.82) is 0 Å². The van der Waals surface area contributed by atoms with E-state index in [1.54, 1.807) is 13.0 Å². The number of ether oxygens (including phenoxy) is 1. The largest absolute Gasteiger partial charge is 0.478 e. The second kappa shape index (κ2) is 4.40. The lowest BCUT2D eigenvalue weighted by atomic mass is 10.2. The quantitative estimate of drug-likeness (QED) is 0.885. The number of carbonyl (C=O) groups is 1. The fourth-order valence-corrected chi connectivity index (χ4v) is 2.88. The lowest BCUT2D eigenvalue weighted by Crippen LogP contribution is -2.41. The number of fused-ring (bicyclic) bond motifs is 2. The molecule has 2 fully saturated rings. The van der Waals surface area contributed by atoms with Crippen LogP contribution in [0.1, 0.15) is 34.7 Å². The van der Waals surface area contributed by atoms with Crippen LogP contribution in [0, 0.1) is 6.92 Å². The Labute approximate surface area is 105 Å². The molecule has 0 amide bonds. The molecule has 2 bridgehead atoms. The van der Waals surface area contributed by atoms with E-state index in [1.165, 1.54) is 0 Å². The molecule has 2 aliphatic heterocycles. The summed E-state index contributed by atoms with van der Waals surface area (Å²) in [4.78, 5) is 13.2. The van der Waals surface area contributed by atoms with Crippen LogP contribution < -0.4 is 0 Å². The van der Waals surface area contributed by atoms with E-state index in [-0.39, 0.29) is 5.56 Å². The topological polar surface area (TPSA) is 62.9 Å². The van der Waals surface area contributed by atoms with Gasteiger partial charge in [0.2, 0.25) is 0 Å². The lowest BCUT2D eigenvalue weighted by molar-refractivity contribution is -0.0427. The zero-order chi connectivity index (χ0) is 12.7. The van der Waals surface area contributed by atoms with Crippen molar-refractivity contribution in [3.8, 4) is 0 Å². The molecular weight excluding hydrogens is 234 g/mol. The Morgan fingerprint density at radius 3 is 2.67 bits per heavy atom. The molecule has 5 nitrogen and oxygen atoms in total. The predicted molar refractivity (Wildman–Crippen MR) is 63.6 cm³/mol. The number of likely N-dealkylation sites (tertiary alicyclic amines) is 1. The van der Waals surface area contributed by atoms with Gasteiger partial charge in [0.25, 0.3) is 0 Å². The number of aromatic carboxylic acids is 1. The van der Waals surface area contributed by atoms with Gasteiger partial charge < -0.3 is 14.3 Å². The van der Waals surface area contributed by atoms with Crippen molar-refractivity contribution in [1.82, 2.24) is 4.90 Å². The van der Waals surface area contributed by atoms with Crippen molar-refractivity contribution in [2.45, 2.75) is 38.5 Å². The molecule has 2 unspecified atom stereocenters. The second-order valence-corrected chi connectivity index (χ2v) is 5.14. The number of furan rings is 1. The Balaban J connectivity index is 1.69. The zero-order valence-corrected chi connectivity index (χ0v) is 10.4. The Hall–Kier alpha value is -1.33. The molecule has 3 rings (SSSR count). The first kappa shape index (κ1) is 11.7. The fourth-order valence-electron chi connectivity index (χ4n) is 2.88. The standard InChI is InChI=1S/C13H17NO4/c1-8-12(13(15)16)4-11(17-8)7-14-5-9-2-3-10(6-14)18-9/h4,9-10H,2-3,5-7H2,1H3,(H,15,16). The number of carboxylic acids is 1. The molecular formula is C13H17NO4. The molecule has 0 aromatic carbocycles. The zero-order valence-electron chi connectivity index (χ0n) is 10.4. The second-order valence-electron chi connectivity index (χ2n) is 5.14. The average molecular weight is 251 g/mol. The highest BCUT2D eigenvalue weighted by Crippen LogP contribution is 2.27. The van der Waals surface area contributed by atoms with E-state index < -0.39 is 5.97 Å². The summed E-state index contributed by atoms with van der Waals surface area (Å²) in [5.41, 5.74) is 0.265. The van der Waals surface area contributed by atoms with Crippen molar-refractivity contribution in [2.24, 2.45) is 0 Å². The third kappa shape index (κ3) is 2.15. The Bertz CT molecular complexity index is 456. The fraction of sp³-hybridized carbons (Fsp3) is 0.615. The first-order valence-electron chi connectivity index (χ1n) is 6.32. The minimum atomic E-state index is -0.926. The predicted octanol–water partition coefficient (Wildman–Crippen LogP) is 1.65. The van der Waals surface area contributed by atoms with Crippen LogP contribution in [0.5, 0.6) is 0 Å². The summed E-state index contributed by atoms with van der Waals surface area (Å²) in [6, 6.07) is 1.63. The summed E-state index contributed by atoms with van der Waals surface area (Å²) >= 11 is 0. The molecule has 0 spiro atoms. The van der Waals surface area contributed by atoms with Gasteiger partial charge in [0, 0.05) is 13.1 Å². The maximum atomic E-state index is 10.9. The summed E-state index contributed by atoms with van der Waals surface area (Å²) in [6.07, 6.45) is 2.97. The molecule has 0 aliphatic carbocycles. The summed E-state index contributed by atoms with van der Waals surface area (Å²) in [5.74, 6) is 0.282. The molecule has 5 heteroatoms. The van der Waals surface area contributed by atoms with Gasteiger partial charge in [0.05, 0.1) is 18.8 Å². The van der Waals surface area contributed by atoms with Crippen molar-refractivity contribution in [3.63, 3.8) is 0 Å². The van der Waals surface area contributed by atoms with Gasteiger partial charge in [-0.2, -0.15) is 0 Å². The molecule has 1 aromatic heterocycles. The number of carboxylic acid groups (broad SMARTS) is 1. The summed E-state index contributed by atoms with van der Waals surface area (Å²) < 4.78 is 11.3. The Morgan fingerprint density at radius 1 is 1.44 bits per heavy atom. The van der Waals surface area contributed by atoms with Crippen LogP contribution >= 0.6 is 0 Å². The van der Waals surface area contributed by atoms with Crippen LogP contribution in [-0.2, 0) is 11.3 Å². The maximum absolute atomic E-state index is 10.9. The highest BCUT2D eigenvalue weighted by atomic mass is 16.5. The third-order valence-electron chi connectivity index (χ3n) is 3.70. The number of morpholine rings is 1. The molecule has 98 valence electrons. The molecule has 0 radical (unpaired) electrons. The molecule has 2 saturated heterocycles. The molecule has 3 heterocycles. The molecule has 18 heavy (non-hydrogen) atoms. The van der Waals surface area contributed by atoms with E-state index in [9.17, 15) is 4.79 Å². The van der Waals surface area contributed by atoms with Gasteiger partial charge in [-0.25, -0.2) is 4.79 Å². The number of hydrogen-bond donors (Lipinski definition) is 1.